The smallest absolute Gasteiger partial charge is 0.337 e. The van der Waals surface area contributed by atoms with Gasteiger partial charge in [-0.25, -0.2) is 9.18 Å². The first-order chi connectivity index (χ1) is 9.56. The number of carbonyl (C=O) groups is 1. The van der Waals surface area contributed by atoms with Gasteiger partial charge in [0, 0.05) is 6.20 Å². The van der Waals surface area contributed by atoms with Crippen molar-refractivity contribution in [2.75, 3.05) is 0 Å². The third-order valence-electron chi connectivity index (χ3n) is 3.01. The first-order valence-corrected chi connectivity index (χ1v) is 5.91. The Morgan fingerprint density at radius 3 is 2.75 bits per heavy atom. The Morgan fingerprint density at radius 1 is 1.25 bits per heavy atom. The maximum atomic E-state index is 14.0. The van der Waals surface area contributed by atoms with Crippen molar-refractivity contribution in [1.82, 2.24) is 14.6 Å². The van der Waals surface area contributed by atoms with Crippen LogP contribution in [-0.4, -0.2) is 25.7 Å². The largest absolute Gasteiger partial charge is 0.478 e. The molecule has 0 aliphatic carbocycles. The highest BCUT2D eigenvalue weighted by Gasteiger charge is 2.14. The molecule has 0 radical (unpaired) electrons. The van der Waals surface area contributed by atoms with Crippen LogP contribution < -0.4 is 0 Å². The molecule has 100 valence electrons. The molecule has 0 saturated heterocycles. The predicted molar refractivity (Wildman–Crippen MR) is 70.1 cm³/mol. The fourth-order valence-corrected chi connectivity index (χ4v) is 2.00. The number of fused-ring (bicyclic) bond motifs is 1. The van der Waals surface area contributed by atoms with Gasteiger partial charge >= 0.3 is 5.97 Å². The van der Waals surface area contributed by atoms with Crippen LogP contribution in [0.1, 0.15) is 15.9 Å². The molecule has 0 bridgehead atoms. The molecule has 0 spiro atoms. The minimum absolute atomic E-state index is 0.0890. The molecule has 1 N–H and O–H groups in total. The summed E-state index contributed by atoms with van der Waals surface area (Å²) in [7, 11) is 0. The van der Waals surface area contributed by atoms with Gasteiger partial charge in [-0.3, -0.25) is 4.40 Å². The fourth-order valence-electron chi connectivity index (χ4n) is 2.00. The first kappa shape index (κ1) is 12.3. The number of carboxylic acid groups (broad SMARTS) is 1. The van der Waals surface area contributed by atoms with Gasteiger partial charge in [0.05, 0.1) is 11.1 Å². The number of hydrogen-bond acceptors (Lipinski definition) is 3. The lowest BCUT2D eigenvalue weighted by molar-refractivity contribution is 0.0696. The van der Waals surface area contributed by atoms with E-state index in [0.29, 0.717) is 5.65 Å². The molecule has 3 aromatic rings. The third-order valence-corrected chi connectivity index (χ3v) is 3.01. The molecule has 0 amide bonds. The van der Waals surface area contributed by atoms with Crippen molar-refractivity contribution in [1.29, 1.82) is 0 Å². The van der Waals surface area contributed by atoms with Gasteiger partial charge in [-0.15, -0.1) is 10.2 Å². The van der Waals surface area contributed by atoms with E-state index < -0.39 is 11.8 Å². The Kier molecular flexibility index (Phi) is 2.71. The van der Waals surface area contributed by atoms with Crippen molar-refractivity contribution < 1.29 is 14.3 Å². The molecule has 0 aliphatic heterocycles. The second-order valence-corrected chi connectivity index (χ2v) is 4.46. The second-order valence-electron chi connectivity index (χ2n) is 4.46. The van der Waals surface area contributed by atoms with Crippen molar-refractivity contribution in [3.63, 3.8) is 0 Å². The molecule has 2 heterocycles. The lowest BCUT2D eigenvalue weighted by Crippen LogP contribution is -2.00. The van der Waals surface area contributed by atoms with E-state index in [-0.39, 0.29) is 17.0 Å². The Hall–Kier alpha value is -2.76. The van der Waals surface area contributed by atoms with Crippen LogP contribution in [0.4, 0.5) is 4.39 Å². The fraction of sp³-hybridized carbons (Fsp3) is 0.0714. The number of benzene rings is 1. The van der Waals surface area contributed by atoms with Gasteiger partial charge in [0.1, 0.15) is 5.82 Å². The zero-order chi connectivity index (χ0) is 14.3. The Balaban J connectivity index is 2.25. The molecule has 20 heavy (non-hydrogen) atoms. The number of rotatable bonds is 2. The molecule has 1 aromatic carbocycles. The molecule has 0 aliphatic rings. The normalized spacial score (nSPS) is 10.9. The van der Waals surface area contributed by atoms with Crippen LogP contribution in [0.2, 0.25) is 0 Å². The van der Waals surface area contributed by atoms with Gasteiger partial charge in [0.2, 0.25) is 0 Å². The number of aromatic nitrogens is 3. The average molecular weight is 271 g/mol. The van der Waals surface area contributed by atoms with Gasteiger partial charge in [-0.2, -0.15) is 0 Å². The van der Waals surface area contributed by atoms with Crippen LogP contribution in [0.15, 0.2) is 36.5 Å². The van der Waals surface area contributed by atoms with E-state index in [2.05, 4.69) is 10.2 Å². The van der Waals surface area contributed by atoms with Gasteiger partial charge in [-0.1, -0.05) is 6.07 Å². The van der Waals surface area contributed by atoms with E-state index in [4.69, 9.17) is 5.11 Å². The van der Waals surface area contributed by atoms with Crippen molar-refractivity contribution in [2.45, 2.75) is 6.92 Å². The third kappa shape index (κ3) is 1.91. The lowest BCUT2D eigenvalue weighted by atomic mass is 10.1. The summed E-state index contributed by atoms with van der Waals surface area (Å²) in [5.74, 6) is -1.20. The summed E-state index contributed by atoms with van der Waals surface area (Å²) in [6.45, 7) is 1.79. The van der Waals surface area contributed by atoms with Crippen LogP contribution in [0.3, 0.4) is 0 Å². The summed E-state index contributed by atoms with van der Waals surface area (Å²) in [6, 6.07) is 7.74. The molecule has 5 nitrogen and oxygen atoms in total. The number of hydrogen-bond donors (Lipinski definition) is 1. The molecule has 6 heteroatoms. The maximum absolute atomic E-state index is 14.0. The van der Waals surface area contributed by atoms with E-state index in [1.165, 1.54) is 28.8 Å². The van der Waals surface area contributed by atoms with Crippen LogP contribution in [0, 0.1) is 12.7 Å². The van der Waals surface area contributed by atoms with Crippen LogP contribution in [0.25, 0.3) is 17.0 Å². The minimum atomic E-state index is -1.06. The molecule has 3 rings (SSSR count). The van der Waals surface area contributed by atoms with Gasteiger partial charge < -0.3 is 5.11 Å². The predicted octanol–water partition coefficient (Wildman–Crippen LogP) is 2.54. The van der Waals surface area contributed by atoms with Crippen LogP contribution in [0.5, 0.6) is 0 Å². The highest BCUT2D eigenvalue weighted by Crippen LogP contribution is 2.23. The Morgan fingerprint density at radius 2 is 2.05 bits per heavy atom. The number of aryl methyl sites for hydroxylation is 1. The summed E-state index contributed by atoms with van der Waals surface area (Å²) < 4.78 is 15.5. The van der Waals surface area contributed by atoms with E-state index in [0.717, 1.165) is 5.56 Å². The average Bonchev–Trinajstić information content (AvgIpc) is 2.81. The monoisotopic (exact) mass is 271 g/mol. The number of pyridine rings is 1. The Bertz CT molecular complexity index is 826. The number of nitrogens with zero attached hydrogens (tertiary/aromatic N) is 3. The number of carboxylic acids is 1. The second kappa shape index (κ2) is 4.41. The molecule has 0 fully saturated rings. The summed E-state index contributed by atoms with van der Waals surface area (Å²) >= 11 is 0. The Labute approximate surface area is 113 Å². The standard InChI is InChI=1S/C14H10FN3O2/c1-8-2-4-10(11(15)6-8)13-17-16-12-5-3-9(14(19)20)7-18(12)13/h2-7H,1H3,(H,19,20). The summed E-state index contributed by atoms with van der Waals surface area (Å²) in [5.41, 5.74) is 1.63. The number of halogens is 1. The van der Waals surface area contributed by atoms with Gasteiger partial charge in [0.25, 0.3) is 0 Å². The molecule has 0 atom stereocenters. The van der Waals surface area contributed by atoms with E-state index in [1.54, 1.807) is 19.1 Å². The van der Waals surface area contributed by atoms with E-state index in [9.17, 15) is 9.18 Å². The summed E-state index contributed by atoms with van der Waals surface area (Å²) in [5, 5.41) is 16.9. The summed E-state index contributed by atoms with van der Waals surface area (Å²) in [4.78, 5) is 11.0. The van der Waals surface area contributed by atoms with Gasteiger partial charge in [-0.05, 0) is 36.8 Å². The molecule has 2 aromatic heterocycles. The maximum Gasteiger partial charge on any atom is 0.337 e. The zero-order valence-corrected chi connectivity index (χ0v) is 10.5. The topological polar surface area (TPSA) is 67.5 Å². The summed E-state index contributed by atoms with van der Waals surface area (Å²) in [6.07, 6.45) is 1.38. The van der Waals surface area contributed by atoms with Crippen molar-refractivity contribution >= 4 is 11.6 Å². The highest BCUT2D eigenvalue weighted by molar-refractivity contribution is 5.87. The first-order valence-electron chi connectivity index (χ1n) is 5.91. The van der Waals surface area contributed by atoms with Crippen molar-refractivity contribution in [3.8, 4) is 11.4 Å². The minimum Gasteiger partial charge on any atom is -0.478 e. The quantitative estimate of drug-likeness (QED) is 0.777. The highest BCUT2D eigenvalue weighted by atomic mass is 19.1. The molecule has 0 saturated carbocycles. The molecule has 0 unspecified atom stereocenters. The zero-order valence-electron chi connectivity index (χ0n) is 10.5. The number of aromatic carboxylic acids is 1. The van der Waals surface area contributed by atoms with Crippen LogP contribution >= 0.6 is 0 Å². The van der Waals surface area contributed by atoms with Crippen molar-refractivity contribution in [3.05, 3.63) is 53.5 Å². The molecular formula is C14H10FN3O2. The lowest BCUT2D eigenvalue weighted by Gasteiger charge is -2.03. The SMILES string of the molecule is Cc1ccc(-c2nnc3ccc(C(=O)O)cn23)c(F)c1. The van der Waals surface area contributed by atoms with Crippen molar-refractivity contribution in [2.24, 2.45) is 0 Å². The van der Waals surface area contributed by atoms with E-state index >= 15 is 0 Å². The van der Waals surface area contributed by atoms with Gasteiger partial charge in [0.15, 0.2) is 11.5 Å². The molecular weight excluding hydrogens is 261 g/mol. The van der Waals surface area contributed by atoms with Crippen LogP contribution in [-0.2, 0) is 0 Å². The van der Waals surface area contributed by atoms with E-state index in [1.807, 2.05) is 0 Å².